The molecular weight excluding hydrogens is 210 g/mol. The molecule has 2 N–H and O–H groups in total. The number of nitrogens with zero attached hydrogens (tertiary/aromatic N) is 1. The maximum Gasteiger partial charge on any atom is 0.102 e. The highest BCUT2D eigenvalue weighted by molar-refractivity contribution is 7.84. The molecule has 0 aromatic heterocycles. The minimum atomic E-state index is -3.92. The van der Waals surface area contributed by atoms with E-state index in [9.17, 15) is 0 Å². The van der Waals surface area contributed by atoms with Gasteiger partial charge < -0.3 is 19.2 Å². The first-order valence-electron chi connectivity index (χ1n) is 4.07. The van der Waals surface area contributed by atoms with Gasteiger partial charge >= 0.3 is 0 Å². The van der Waals surface area contributed by atoms with E-state index >= 15 is 0 Å². The Labute approximate surface area is 85.1 Å². The molecular formula is C7H19NO5S. The summed E-state index contributed by atoms with van der Waals surface area (Å²) in [5.74, 6) is 0. The van der Waals surface area contributed by atoms with Crippen molar-refractivity contribution >= 4 is 10.1 Å². The van der Waals surface area contributed by atoms with E-state index in [1.54, 1.807) is 0 Å². The Bertz CT molecular complexity index is 208. The lowest BCUT2D eigenvalue weighted by atomic mass is 10.4. The zero-order chi connectivity index (χ0) is 11.8. The van der Waals surface area contributed by atoms with Crippen LogP contribution in [0.5, 0.6) is 0 Å². The first kappa shape index (κ1) is 16.2. The number of aliphatic hydroxyl groups is 2. The molecule has 0 unspecified atom stereocenters. The quantitative estimate of drug-likeness (QED) is 0.438. The molecule has 0 aliphatic carbocycles. The lowest BCUT2D eigenvalue weighted by molar-refractivity contribution is -0.890. The average molecular weight is 229 g/mol. The normalized spacial score (nSPS) is 11.9. The third-order valence-corrected chi connectivity index (χ3v) is 1.41. The van der Waals surface area contributed by atoms with Gasteiger partial charge in [0.05, 0.1) is 37.4 Å². The van der Waals surface area contributed by atoms with Gasteiger partial charge in [0.2, 0.25) is 0 Å². The third-order valence-electron chi connectivity index (χ3n) is 1.41. The summed E-state index contributed by atoms with van der Waals surface area (Å²) in [6.45, 7) is 1.79. The van der Waals surface area contributed by atoms with E-state index in [2.05, 4.69) is 0 Å². The third kappa shape index (κ3) is 22.6. The molecule has 0 fully saturated rings. The zero-order valence-corrected chi connectivity index (χ0v) is 9.62. The second-order valence-corrected chi connectivity index (χ2v) is 4.94. The fourth-order valence-corrected chi connectivity index (χ4v) is 0.653. The first-order chi connectivity index (χ1) is 6.12. The van der Waals surface area contributed by atoms with Crippen LogP contribution < -0.4 is 0 Å². The average Bonchev–Trinajstić information content (AvgIpc) is 1.81. The molecule has 0 spiro atoms. The van der Waals surface area contributed by atoms with Gasteiger partial charge in [0.15, 0.2) is 0 Å². The van der Waals surface area contributed by atoms with Crippen LogP contribution >= 0.6 is 0 Å². The van der Waals surface area contributed by atoms with Gasteiger partial charge in [-0.1, -0.05) is 0 Å². The second-order valence-electron chi connectivity index (χ2n) is 3.53. The summed E-state index contributed by atoms with van der Waals surface area (Å²) >= 11 is 0. The number of hydrogen-bond acceptors (Lipinski definition) is 5. The van der Waals surface area contributed by atoms with Crippen LogP contribution in [-0.2, 0) is 10.1 Å². The number of aliphatic hydroxyl groups excluding tert-OH is 2. The lowest BCUT2D eigenvalue weighted by Crippen LogP contribution is -2.43. The Kier molecular flexibility index (Phi) is 8.27. The topological polar surface area (TPSA) is 97.7 Å². The van der Waals surface area contributed by atoms with Crippen LogP contribution in [0.25, 0.3) is 0 Å². The van der Waals surface area contributed by atoms with Crippen molar-refractivity contribution in [1.82, 2.24) is 0 Å². The van der Waals surface area contributed by atoms with Crippen molar-refractivity contribution in [2.75, 3.05) is 46.7 Å². The molecule has 0 rings (SSSR count). The van der Waals surface area contributed by atoms with Crippen molar-refractivity contribution in [3.63, 3.8) is 0 Å². The summed E-state index contributed by atoms with van der Waals surface area (Å²) in [5.41, 5.74) is 0. The van der Waals surface area contributed by atoms with E-state index in [0.29, 0.717) is 23.8 Å². The van der Waals surface area contributed by atoms with Crippen molar-refractivity contribution in [2.24, 2.45) is 0 Å². The van der Waals surface area contributed by atoms with Gasteiger partial charge in [-0.25, -0.2) is 8.42 Å². The minimum absolute atomic E-state index is 0.188. The Morgan fingerprint density at radius 1 is 1.14 bits per heavy atom. The van der Waals surface area contributed by atoms with Gasteiger partial charge in [-0.15, -0.1) is 0 Å². The highest BCUT2D eigenvalue weighted by atomic mass is 32.2. The summed E-state index contributed by atoms with van der Waals surface area (Å²) in [5, 5.41) is 17.1. The summed E-state index contributed by atoms with van der Waals surface area (Å²) in [7, 11) is 0.0406. The summed E-state index contributed by atoms with van der Waals surface area (Å²) in [4.78, 5) is 0. The molecule has 0 atom stereocenters. The lowest BCUT2D eigenvalue weighted by Gasteiger charge is -2.27. The Hall–Kier alpha value is -0.210. The maximum atomic E-state index is 9.08. The standard InChI is InChI=1S/C6H16NO2.CH4O3S/c1-7(2,3-5-8)4-6-9;1-5(2,3)4/h8-9H,3-6H2,1-2H3;1H3,(H,2,3,4)/q+1;/p-1. The van der Waals surface area contributed by atoms with E-state index in [1.807, 2.05) is 14.1 Å². The van der Waals surface area contributed by atoms with Crippen LogP contribution in [0.2, 0.25) is 0 Å². The molecule has 0 saturated carbocycles. The highest BCUT2D eigenvalue weighted by Gasteiger charge is 2.11. The van der Waals surface area contributed by atoms with E-state index < -0.39 is 10.1 Å². The molecule has 0 radical (unpaired) electrons. The molecule has 0 heterocycles. The van der Waals surface area contributed by atoms with Gasteiger partial charge in [-0.3, -0.25) is 0 Å². The molecule has 0 amide bonds. The zero-order valence-electron chi connectivity index (χ0n) is 8.80. The summed E-state index contributed by atoms with van der Waals surface area (Å²) in [6, 6.07) is 0. The Morgan fingerprint density at radius 2 is 1.36 bits per heavy atom. The molecule has 0 aliphatic heterocycles. The molecule has 0 aliphatic rings. The number of rotatable bonds is 4. The van der Waals surface area contributed by atoms with E-state index in [0.717, 1.165) is 0 Å². The molecule has 0 saturated heterocycles. The molecule has 7 heteroatoms. The SMILES string of the molecule is CS(=O)(=O)[O-].C[N+](C)(CCO)CCO. The molecule has 6 nitrogen and oxygen atoms in total. The first-order valence-corrected chi connectivity index (χ1v) is 5.88. The predicted octanol–water partition coefficient (Wildman–Crippen LogP) is -1.79. The Balaban J connectivity index is 0. The van der Waals surface area contributed by atoms with Crippen molar-refractivity contribution in [2.45, 2.75) is 0 Å². The second kappa shape index (κ2) is 7.13. The molecule has 0 aromatic rings. The monoisotopic (exact) mass is 229 g/mol. The molecule has 0 bridgehead atoms. The minimum Gasteiger partial charge on any atom is -0.748 e. The van der Waals surface area contributed by atoms with Gasteiger partial charge in [0, 0.05) is 6.26 Å². The van der Waals surface area contributed by atoms with Crippen molar-refractivity contribution in [1.29, 1.82) is 0 Å². The van der Waals surface area contributed by atoms with Gasteiger partial charge in [0.25, 0.3) is 0 Å². The van der Waals surface area contributed by atoms with Crippen LogP contribution in [0.3, 0.4) is 0 Å². The summed E-state index contributed by atoms with van der Waals surface area (Å²) in [6.07, 6.45) is 0.604. The molecule has 88 valence electrons. The number of hydrogen-bond donors (Lipinski definition) is 2. The van der Waals surface area contributed by atoms with E-state index in [4.69, 9.17) is 23.2 Å². The van der Waals surface area contributed by atoms with Crippen molar-refractivity contribution in [3.8, 4) is 0 Å². The van der Waals surface area contributed by atoms with Crippen LogP contribution in [0.1, 0.15) is 0 Å². The van der Waals surface area contributed by atoms with Gasteiger partial charge in [-0.05, 0) is 0 Å². The fourth-order valence-electron chi connectivity index (χ4n) is 0.653. The molecule has 14 heavy (non-hydrogen) atoms. The van der Waals surface area contributed by atoms with Crippen LogP contribution in [0.15, 0.2) is 0 Å². The van der Waals surface area contributed by atoms with Crippen molar-refractivity contribution < 1.29 is 27.7 Å². The van der Waals surface area contributed by atoms with Crippen molar-refractivity contribution in [3.05, 3.63) is 0 Å². The Morgan fingerprint density at radius 3 is 1.50 bits per heavy atom. The van der Waals surface area contributed by atoms with E-state index in [1.165, 1.54) is 0 Å². The van der Waals surface area contributed by atoms with Crippen LogP contribution in [0, 0.1) is 0 Å². The maximum absolute atomic E-state index is 9.08. The van der Waals surface area contributed by atoms with Crippen LogP contribution in [-0.4, -0.2) is 74.3 Å². The van der Waals surface area contributed by atoms with Crippen LogP contribution in [0.4, 0.5) is 0 Å². The fraction of sp³-hybridized carbons (Fsp3) is 1.00. The largest absolute Gasteiger partial charge is 0.748 e. The summed E-state index contributed by atoms with van der Waals surface area (Å²) < 4.78 is 27.9. The predicted molar refractivity (Wildman–Crippen MR) is 51.6 cm³/mol. The molecule has 0 aromatic carbocycles. The van der Waals surface area contributed by atoms with E-state index in [-0.39, 0.29) is 13.2 Å². The smallest absolute Gasteiger partial charge is 0.102 e. The van der Waals surface area contributed by atoms with Gasteiger partial charge in [0.1, 0.15) is 13.1 Å². The van der Waals surface area contributed by atoms with Gasteiger partial charge in [-0.2, -0.15) is 0 Å². The number of quaternary nitrogens is 1. The highest BCUT2D eigenvalue weighted by Crippen LogP contribution is 1.92. The number of likely N-dealkylation sites (N-methyl/N-ethyl adjacent to an activating group) is 1.